The first-order valence-electron chi connectivity index (χ1n) is 5.25. The lowest BCUT2D eigenvalue weighted by molar-refractivity contribution is 0.671. The standard InChI is InChI=1S/C13H14N2O/c14-12-6-7-13(16)15(10-12)9-8-11-4-2-1-3-5-11/h1-7,10H,8-9,14H2. The van der Waals surface area contributed by atoms with Crippen LogP contribution in [0.4, 0.5) is 5.69 Å². The quantitative estimate of drug-likeness (QED) is 0.845. The number of nitrogens with two attached hydrogens (primary N) is 1. The van der Waals surface area contributed by atoms with Gasteiger partial charge in [-0.15, -0.1) is 0 Å². The lowest BCUT2D eigenvalue weighted by Gasteiger charge is -2.06. The van der Waals surface area contributed by atoms with Gasteiger partial charge >= 0.3 is 0 Å². The molecular formula is C13H14N2O. The van der Waals surface area contributed by atoms with E-state index < -0.39 is 0 Å². The van der Waals surface area contributed by atoms with Crippen molar-refractivity contribution in [1.29, 1.82) is 0 Å². The summed E-state index contributed by atoms with van der Waals surface area (Å²) >= 11 is 0. The molecule has 0 bridgehead atoms. The highest BCUT2D eigenvalue weighted by Gasteiger charge is 1.97. The summed E-state index contributed by atoms with van der Waals surface area (Å²) in [5.74, 6) is 0. The minimum absolute atomic E-state index is 0.00914. The molecule has 2 N–H and O–H groups in total. The highest BCUT2D eigenvalue weighted by atomic mass is 16.1. The van der Waals surface area contributed by atoms with Crippen molar-refractivity contribution in [3.63, 3.8) is 0 Å². The average Bonchev–Trinajstić information content (AvgIpc) is 2.32. The number of benzene rings is 1. The fourth-order valence-electron chi connectivity index (χ4n) is 1.62. The first kappa shape index (κ1) is 10.5. The van der Waals surface area contributed by atoms with Crippen LogP contribution in [0.25, 0.3) is 0 Å². The summed E-state index contributed by atoms with van der Waals surface area (Å²) in [7, 11) is 0. The van der Waals surface area contributed by atoms with Gasteiger partial charge in [-0.05, 0) is 18.1 Å². The summed E-state index contributed by atoms with van der Waals surface area (Å²) < 4.78 is 1.64. The lowest BCUT2D eigenvalue weighted by atomic mass is 10.1. The van der Waals surface area contributed by atoms with E-state index in [1.807, 2.05) is 18.2 Å². The zero-order valence-electron chi connectivity index (χ0n) is 8.97. The van der Waals surface area contributed by atoms with E-state index in [4.69, 9.17) is 5.73 Å². The number of pyridine rings is 1. The molecule has 2 aromatic rings. The maximum Gasteiger partial charge on any atom is 0.250 e. The van der Waals surface area contributed by atoms with Gasteiger partial charge in [0, 0.05) is 24.5 Å². The van der Waals surface area contributed by atoms with Crippen molar-refractivity contribution in [3.05, 3.63) is 64.6 Å². The smallest absolute Gasteiger partial charge is 0.250 e. The number of anilines is 1. The lowest BCUT2D eigenvalue weighted by Crippen LogP contribution is -2.19. The van der Waals surface area contributed by atoms with Crippen LogP contribution in [0.15, 0.2) is 53.5 Å². The Hall–Kier alpha value is -2.03. The maximum atomic E-state index is 11.5. The Morgan fingerprint density at radius 1 is 1.06 bits per heavy atom. The maximum absolute atomic E-state index is 11.5. The Labute approximate surface area is 94.1 Å². The van der Waals surface area contributed by atoms with Crippen LogP contribution in [0.5, 0.6) is 0 Å². The molecule has 0 amide bonds. The Morgan fingerprint density at radius 2 is 1.81 bits per heavy atom. The second-order valence-corrected chi connectivity index (χ2v) is 3.73. The average molecular weight is 214 g/mol. The van der Waals surface area contributed by atoms with E-state index in [0.29, 0.717) is 12.2 Å². The van der Waals surface area contributed by atoms with Crippen LogP contribution >= 0.6 is 0 Å². The van der Waals surface area contributed by atoms with Gasteiger partial charge in [0.2, 0.25) is 0 Å². The molecule has 1 heterocycles. The molecule has 3 heteroatoms. The van der Waals surface area contributed by atoms with E-state index >= 15 is 0 Å². The number of aryl methyl sites for hydroxylation is 2. The van der Waals surface area contributed by atoms with Crippen molar-refractivity contribution in [1.82, 2.24) is 4.57 Å². The molecule has 82 valence electrons. The first-order chi connectivity index (χ1) is 7.75. The van der Waals surface area contributed by atoms with Crippen LogP contribution in [0.1, 0.15) is 5.56 Å². The Bertz CT molecular complexity index is 517. The third kappa shape index (κ3) is 2.51. The minimum Gasteiger partial charge on any atom is -0.398 e. The predicted octanol–water partition coefficient (Wildman–Crippen LogP) is 1.67. The molecule has 0 aliphatic rings. The van der Waals surface area contributed by atoms with E-state index in [0.717, 1.165) is 6.42 Å². The molecular weight excluding hydrogens is 200 g/mol. The summed E-state index contributed by atoms with van der Waals surface area (Å²) in [6.07, 6.45) is 2.52. The molecule has 0 saturated heterocycles. The fourth-order valence-corrected chi connectivity index (χ4v) is 1.62. The van der Waals surface area contributed by atoms with Crippen molar-refractivity contribution in [2.24, 2.45) is 0 Å². The van der Waals surface area contributed by atoms with Crippen LogP contribution in [0.2, 0.25) is 0 Å². The molecule has 16 heavy (non-hydrogen) atoms. The topological polar surface area (TPSA) is 48.0 Å². The third-order valence-corrected chi connectivity index (χ3v) is 2.49. The van der Waals surface area contributed by atoms with Gasteiger partial charge in [0.15, 0.2) is 0 Å². The van der Waals surface area contributed by atoms with E-state index in [1.54, 1.807) is 16.8 Å². The van der Waals surface area contributed by atoms with Gasteiger partial charge in [-0.2, -0.15) is 0 Å². The SMILES string of the molecule is Nc1ccc(=O)n(CCc2ccccc2)c1. The van der Waals surface area contributed by atoms with Crippen molar-refractivity contribution in [2.75, 3.05) is 5.73 Å². The molecule has 2 rings (SSSR count). The minimum atomic E-state index is -0.00914. The van der Waals surface area contributed by atoms with Crippen molar-refractivity contribution >= 4 is 5.69 Å². The number of hydrogen-bond acceptors (Lipinski definition) is 2. The second-order valence-electron chi connectivity index (χ2n) is 3.73. The van der Waals surface area contributed by atoms with Crippen molar-refractivity contribution in [2.45, 2.75) is 13.0 Å². The van der Waals surface area contributed by atoms with Gasteiger partial charge in [-0.25, -0.2) is 0 Å². The van der Waals surface area contributed by atoms with E-state index in [1.165, 1.54) is 11.6 Å². The van der Waals surface area contributed by atoms with Crippen molar-refractivity contribution in [3.8, 4) is 0 Å². The third-order valence-electron chi connectivity index (χ3n) is 2.49. The molecule has 0 saturated carbocycles. The molecule has 0 unspecified atom stereocenters. The molecule has 3 nitrogen and oxygen atoms in total. The molecule has 1 aromatic heterocycles. The van der Waals surface area contributed by atoms with E-state index in [9.17, 15) is 4.79 Å². The fraction of sp³-hybridized carbons (Fsp3) is 0.154. The zero-order valence-corrected chi connectivity index (χ0v) is 8.97. The molecule has 1 aromatic carbocycles. The largest absolute Gasteiger partial charge is 0.398 e. The van der Waals surface area contributed by atoms with Crippen LogP contribution in [0, 0.1) is 0 Å². The summed E-state index contributed by atoms with van der Waals surface area (Å²) in [6.45, 7) is 0.661. The molecule has 0 fully saturated rings. The molecule has 0 aliphatic carbocycles. The number of nitrogen functional groups attached to an aromatic ring is 1. The second kappa shape index (κ2) is 4.66. The van der Waals surface area contributed by atoms with Crippen LogP contribution < -0.4 is 11.3 Å². The van der Waals surface area contributed by atoms with Crippen molar-refractivity contribution < 1.29 is 0 Å². The highest BCUT2D eigenvalue weighted by molar-refractivity contribution is 5.33. The summed E-state index contributed by atoms with van der Waals surface area (Å²) in [5.41, 5.74) is 7.47. The Kier molecular flexibility index (Phi) is 3.05. The monoisotopic (exact) mass is 214 g/mol. The molecule has 0 aliphatic heterocycles. The van der Waals surface area contributed by atoms with E-state index in [2.05, 4.69) is 12.1 Å². The Morgan fingerprint density at radius 3 is 2.56 bits per heavy atom. The van der Waals surface area contributed by atoms with Gasteiger partial charge in [-0.3, -0.25) is 4.79 Å². The molecule has 0 atom stereocenters. The summed E-state index contributed by atoms with van der Waals surface area (Å²) in [4.78, 5) is 11.5. The van der Waals surface area contributed by atoms with Gasteiger partial charge in [-0.1, -0.05) is 30.3 Å². The number of rotatable bonds is 3. The van der Waals surface area contributed by atoms with Gasteiger partial charge in [0.05, 0.1) is 0 Å². The number of nitrogens with zero attached hydrogens (tertiary/aromatic N) is 1. The van der Waals surface area contributed by atoms with Gasteiger partial charge in [0.25, 0.3) is 5.56 Å². The number of aromatic nitrogens is 1. The first-order valence-corrected chi connectivity index (χ1v) is 5.25. The molecule has 0 spiro atoms. The van der Waals surface area contributed by atoms with Gasteiger partial charge < -0.3 is 10.3 Å². The predicted molar refractivity (Wildman–Crippen MR) is 65.3 cm³/mol. The Balaban J connectivity index is 2.11. The van der Waals surface area contributed by atoms with Crippen LogP contribution in [0.3, 0.4) is 0 Å². The zero-order chi connectivity index (χ0) is 11.4. The summed E-state index contributed by atoms with van der Waals surface area (Å²) in [6, 6.07) is 13.2. The van der Waals surface area contributed by atoms with Gasteiger partial charge in [0.1, 0.15) is 0 Å². The van der Waals surface area contributed by atoms with E-state index in [-0.39, 0.29) is 5.56 Å². The number of hydrogen-bond donors (Lipinski definition) is 1. The summed E-state index contributed by atoms with van der Waals surface area (Å²) in [5, 5.41) is 0. The normalized spacial score (nSPS) is 10.2. The van der Waals surface area contributed by atoms with Crippen LogP contribution in [-0.4, -0.2) is 4.57 Å². The van der Waals surface area contributed by atoms with Crippen LogP contribution in [-0.2, 0) is 13.0 Å². The molecule has 0 radical (unpaired) electrons. The highest BCUT2D eigenvalue weighted by Crippen LogP contribution is 2.02.